The van der Waals surface area contributed by atoms with Crippen LogP contribution < -0.4 is 15.4 Å². The molecule has 0 saturated heterocycles. The summed E-state index contributed by atoms with van der Waals surface area (Å²) < 4.78 is 10.8. The van der Waals surface area contributed by atoms with Crippen molar-refractivity contribution in [1.29, 1.82) is 0 Å². The number of anilines is 1. The monoisotopic (exact) mass is 294 g/mol. The summed E-state index contributed by atoms with van der Waals surface area (Å²) in [6, 6.07) is 7.35. The van der Waals surface area contributed by atoms with E-state index in [2.05, 4.69) is 10.6 Å². The molecule has 2 N–H and O–H groups in total. The van der Waals surface area contributed by atoms with Gasteiger partial charge in [0.2, 0.25) is 5.91 Å². The third kappa shape index (κ3) is 8.32. The second-order valence-electron chi connectivity index (χ2n) is 5.72. The summed E-state index contributed by atoms with van der Waals surface area (Å²) >= 11 is 0. The van der Waals surface area contributed by atoms with Crippen LogP contribution in [0.5, 0.6) is 5.75 Å². The predicted molar refractivity (Wildman–Crippen MR) is 84.8 cm³/mol. The van der Waals surface area contributed by atoms with Gasteiger partial charge in [0.25, 0.3) is 0 Å². The van der Waals surface area contributed by atoms with Crippen LogP contribution >= 0.6 is 0 Å². The third-order valence-electron chi connectivity index (χ3n) is 2.60. The Hall–Kier alpha value is -1.59. The number of hydrogen-bond donors (Lipinski definition) is 2. The van der Waals surface area contributed by atoms with Gasteiger partial charge in [0, 0.05) is 23.9 Å². The third-order valence-corrected chi connectivity index (χ3v) is 2.60. The number of benzene rings is 1. The normalized spacial score (nSPS) is 11.2. The van der Waals surface area contributed by atoms with Crippen LogP contribution in [-0.2, 0) is 9.53 Å². The van der Waals surface area contributed by atoms with Crippen molar-refractivity contribution in [2.24, 2.45) is 0 Å². The lowest BCUT2D eigenvalue weighted by molar-refractivity contribution is -0.115. The van der Waals surface area contributed by atoms with Crippen molar-refractivity contribution in [2.75, 3.05) is 31.7 Å². The van der Waals surface area contributed by atoms with Gasteiger partial charge in [-0.3, -0.25) is 4.79 Å². The zero-order valence-electron chi connectivity index (χ0n) is 13.4. The number of rotatable bonds is 8. The second kappa shape index (κ2) is 8.64. The fourth-order valence-electron chi connectivity index (χ4n) is 1.58. The highest BCUT2D eigenvalue weighted by atomic mass is 16.5. The average Bonchev–Trinajstić information content (AvgIpc) is 2.41. The number of hydrogen-bond acceptors (Lipinski definition) is 4. The Morgan fingerprint density at radius 2 is 2.00 bits per heavy atom. The lowest BCUT2D eigenvalue weighted by atomic mass is 10.1. The minimum Gasteiger partial charge on any atom is -0.491 e. The Bertz CT molecular complexity index is 441. The maximum absolute atomic E-state index is 11.8. The van der Waals surface area contributed by atoms with E-state index in [-0.39, 0.29) is 18.0 Å². The van der Waals surface area contributed by atoms with E-state index in [1.165, 1.54) is 0 Å². The van der Waals surface area contributed by atoms with E-state index in [0.717, 1.165) is 11.4 Å². The molecule has 0 aliphatic rings. The minimum atomic E-state index is -0.0818. The minimum absolute atomic E-state index is 0.0728. The zero-order chi connectivity index (χ0) is 15.7. The predicted octanol–water partition coefficient (Wildman–Crippen LogP) is 2.43. The van der Waals surface area contributed by atoms with Crippen LogP contribution in [0.15, 0.2) is 24.3 Å². The van der Waals surface area contributed by atoms with Gasteiger partial charge in [-0.2, -0.15) is 0 Å². The Labute approximate surface area is 127 Å². The van der Waals surface area contributed by atoms with Gasteiger partial charge in [0.15, 0.2) is 0 Å². The number of ether oxygens (including phenoxy) is 2. The number of carbonyl (C=O) groups excluding carboxylic acids is 1. The molecule has 5 heteroatoms. The molecule has 118 valence electrons. The summed E-state index contributed by atoms with van der Waals surface area (Å²) in [5.41, 5.74) is 0.645. The summed E-state index contributed by atoms with van der Waals surface area (Å²) in [6.45, 7) is 10.0. The maximum atomic E-state index is 11.8. The molecular formula is C16H26N2O3. The molecule has 0 spiro atoms. The van der Waals surface area contributed by atoms with Gasteiger partial charge in [0.1, 0.15) is 12.4 Å². The zero-order valence-corrected chi connectivity index (χ0v) is 13.4. The van der Waals surface area contributed by atoms with Crippen LogP contribution in [0.4, 0.5) is 5.69 Å². The molecule has 0 bridgehead atoms. The van der Waals surface area contributed by atoms with Gasteiger partial charge in [-0.1, -0.05) is 6.07 Å². The van der Waals surface area contributed by atoms with Crippen LogP contribution in [-0.4, -0.2) is 37.8 Å². The highest BCUT2D eigenvalue weighted by Gasteiger charge is 2.11. The Balaban J connectivity index is 2.43. The van der Waals surface area contributed by atoms with Crippen LogP contribution in [0.25, 0.3) is 0 Å². The molecule has 1 rings (SSSR count). The number of nitrogens with one attached hydrogen (secondary N) is 2. The lowest BCUT2D eigenvalue weighted by Gasteiger charge is -2.20. The van der Waals surface area contributed by atoms with E-state index < -0.39 is 0 Å². The highest BCUT2D eigenvalue weighted by molar-refractivity contribution is 5.92. The smallest absolute Gasteiger partial charge is 0.238 e. The first kappa shape index (κ1) is 17.5. The summed E-state index contributed by atoms with van der Waals surface area (Å²) in [6.07, 6.45) is 0. The van der Waals surface area contributed by atoms with Crippen LogP contribution in [0.2, 0.25) is 0 Å². The lowest BCUT2D eigenvalue weighted by Crippen LogP contribution is -2.41. The molecule has 0 atom stereocenters. The number of amides is 1. The van der Waals surface area contributed by atoms with Crippen molar-refractivity contribution < 1.29 is 14.3 Å². The van der Waals surface area contributed by atoms with Crippen LogP contribution in [0.1, 0.15) is 27.7 Å². The van der Waals surface area contributed by atoms with E-state index in [1.54, 1.807) is 6.07 Å². The largest absolute Gasteiger partial charge is 0.491 e. The maximum Gasteiger partial charge on any atom is 0.238 e. The van der Waals surface area contributed by atoms with Crippen LogP contribution in [0, 0.1) is 0 Å². The first-order valence-electron chi connectivity index (χ1n) is 7.26. The summed E-state index contributed by atoms with van der Waals surface area (Å²) in [7, 11) is 0. The van der Waals surface area contributed by atoms with Gasteiger partial charge >= 0.3 is 0 Å². The topological polar surface area (TPSA) is 59.6 Å². The molecule has 0 aliphatic heterocycles. The van der Waals surface area contributed by atoms with Crippen molar-refractivity contribution in [3.8, 4) is 5.75 Å². The molecule has 1 aromatic carbocycles. The molecule has 0 radical (unpaired) electrons. The van der Waals surface area contributed by atoms with E-state index >= 15 is 0 Å². The first-order chi connectivity index (χ1) is 9.90. The Morgan fingerprint density at radius 1 is 1.24 bits per heavy atom. The van der Waals surface area contributed by atoms with Crippen molar-refractivity contribution in [3.63, 3.8) is 0 Å². The quantitative estimate of drug-likeness (QED) is 0.723. The molecule has 21 heavy (non-hydrogen) atoms. The number of carbonyl (C=O) groups is 1. The standard InChI is InChI=1S/C16H26N2O3/c1-5-20-9-10-21-14-8-6-7-13(11-14)18-15(19)12-17-16(2,3)4/h6-8,11,17H,5,9-10,12H2,1-4H3,(H,18,19). The van der Waals surface area contributed by atoms with Crippen molar-refractivity contribution in [2.45, 2.75) is 33.2 Å². The first-order valence-corrected chi connectivity index (χ1v) is 7.26. The average molecular weight is 294 g/mol. The van der Waals surface area contributed by atoms with E-state index in [1.807, 2.05) is 45.9 Å². The molecule has 0 saturated carbocycles. The molecule has 0 aromatic heterocycles. The fraction of sp³-hybridized carbons (Fsp3) is 0.562. The summed E-state index contributed by atoms with van der Waals surface area (Å²) in [5.74, 6) is 0.646. The van der Waals surface area contributed by atoms with E-state index in [9.17, 15) is 4.79 Å². The van der Waals surface area contributed by atoms with E-state index in [4.69, 9.17) is 9.47 Å². The molecule has 0 fully saturated rings. The second-order valence-corrected chi connectivity index (χ2v) is 5.72. The molecule has 1 aromatic rings. The molecule has 0 aliphatic carbocycles. The van der Waals surface area contributed by atoms with Gasteiger partial charge < -0.3 is 20.1 Å². The van der Waals surface area contributed by atoms with Crippen molar-refractivity contribution in [3.05, 3.63) is 24.3 Å². The van der Waals surface area contributed by atoms with Gasteiger partial charge in [-0.15, -0.1) is 0 Å². The fourth-order valence-corrected chi connectivity index (χ4v) is 1.58. The SMILES string of the molecule is CCOCCOc1cccc(NC(=O)CNC(C)(C)C)c1. The molecule has 5 nitrogen and oxygen atoms in total. The van der Waals surface area contributed by atoms with Crippen molar-refractivity contribution >= 4 is 11.6 Å². The molecule has 0 unspecified atom stereocenters. The molecular weight excluding hydrogens is 268 g/mol. The Morgan fingerprint density at radius 3 is 2.67 bits per heavy atom. The summed E-state index contributed by atoms with van der Waals surface area (Å²) in [4.78, 5) is 11.8. The van der Waals surface area contributed by atoms with E-state index in [0.29, 0.717) is 19.8 Å². The highest BCUT2D eigenvalue weighted by Crippen LogP contribution is 2.17. The van der Waals surface area contributed by atoms with Crippen LogP contribution in [0.3, 0.4) is 0 Å². The van der Waals surface area contributed by atoms with Gasteiger partial charge in [0.05, 0.1) is 13.2 Å². The van der Waals surface area contributed by atoms with Gasteiger partial charge in [-0.05, 0) is 39.8 Å². The molecule has 0 heterocycles. The molecule has 1 amide bonds. The van der Waals surface area contributed by atoms with Crippen molar-refractivity contribution in [1.82, 2.24) is 5.32 Å². The summed E-state index contributed by atoms with van der Waals surface area (Å²) in [5, 5.41) is 5.99. The van der Waals surface area contributed by atoms with Gasteiger partial charge in [-0.25, -0.2) is 0 Å². The Kier molecular flexibility index (Phi) is 7.19.